The molecule has 1 aromatic heterocycles. The van der Waals surface area contributed by atoms with Crippen molar-refractivity contribution in [2.75, 3.05) is 12.4 Å². The molecule has 2 amide bonds. The van der Waals surface area contributed by atoms with Crippen LogP contribution in [0.4, 0.5) is 9.93 Å². The van der Waals surface area contributed by atoms with E-state index in [2.05, 4.69) is 15.6 Å². The van der Waals surface area contributed by atoms with Gasteiger partial charge >= 0.3 is 6.03 Å². The Bertz CT molecular complexity index is 750. The van der Waals surface area contributed by atoms with Gasteiger partial charge in [-0.15, -0.1) is 0 Å². The predicted molar refractivity (Wildman–Crippen MR) is 88.5 cm³/mol. The van der Waals surface area contributed by atoms with Crippen LogP contribution in [0.5, 0.6) is 5.75 Å². The van der Waals surface area contributed by atoms with Crippen LogP contribution in [0.15, 0.2) is 48.5 Å². The predicted octanol–water partition coefficient (Wildman–Crippen LogP) is 3.63. The fraction of sp³-hybridized carbons (Fsp3) is 0.125. The highest BCUT2D eigenvalue weighted by Crippen LogP contribution is 2.25. The second-order valence-corrected chi connectivity index (χ2v) is 5.67. The minimum Gasteiger partial charge on any atom is -0.497 e. The number of methoxy groups -OCH3 is 1. The molecule has 0 aliphatic carbocycles. The molecule has 112 valence electrons. The summed E-state index contributed by atoms with van der Waals surface area (Å²) >= 11 is 1.45. The lowest BCUT2D eigenvalue weighted by atomic mass is 10.2. The van der Waals surface area contributed by atoms with Crippen molar-refractivity contribution in [3.63, 3.8) is 0 Å². The monoisotopic (exact) mass is 313 g/mol. The van der Waals surface area contributed by atoms with E-state index in [1.807, 2.05) is 48.5 Å². The molecule has 6 heteroatoms. The van der Waals surface area contributed by atoms with Crippen LogP contribution in [-0.2, 0) is 6.54 Å². The van der Waals surface area contributed by atoms with Crippen molar-refractivity contribution in [1.82, 2.24) is 10.3 Å². The number of rotatable bonds is 4. The first kappa shape index (κ1) is 14.3. The SMILES string of the molecule is COc1ccc(CNC(=O)Nc2nc3ccccc3s2)cc1. The molecule has 0 atom stereocenters. The number of ether oxygens (including phenoxy) is 1. The molecule has 3 aromatic rings. The lowest BCUT2D eigenvalue weighted by Crippen LogP contribution is -2.28. The van der Waals surface area contributed by atoms with E-state index < -0.39 is 0 Å². The molecular formula is C16H15N3O2S. The highest BCUT2D eigenvalue weighted by molar-refractivity contribution is 7.22. The maximum absolute atomic E-state index is 11.9. The molecule has 1 heterocycles. The molecular weight excluding hydrogens is 298 g/mol. The topological polar surface area (TPSA) is 63.2 Å². The number of urea groups is 1. The number of anilines is 1. The van der Waals surface area contributed by atoms with Gasteiger partial charge in [-0.05, 0) is 29.8 Å². The average Bonchev–Trinajstić information content (AvgIpc) is 2.95. The number of amides is 2. The van der Waals surface area contributed by atoms with Gasteiger partial charge in [0.25, 0.3) is 0 Å². The zero-order valence-corrected chi connectivity index (χ0v) is 12.8. The molecule has 0 saturated heterocycles. The molecule has 0 aliphatic heterocycles. The highest BCUT2D eigenvalue weighted by atomic mass is 32.1. The Hall–Kier alpha value is -2.60. The summed E-state index contributed by atoms with van der Waals surface area (Å²) in [6, 6.07) is 15.1. The number of aromatic nitrogens is 1. The van der Waals surface area contributed by atoms with E-state index in [1.54, 1.807) is 7.11 Å². The van der Waals surface area contributed by atoms with Crippen molar-refractivity contribution >= 4 is 32.7 Å². The molecule has 0 bridgehead atoms. The molecule has 0 saturated carbocycles. The Labute approximate surface area is 131 Å². The average molecular weight is 313 g/mol. The molecule has 0 spiro atoms. The van der Waals surface area contributed by atoms with Crippen molar-refractivity contribution in [2.45, 2.75) is 6.54 Å². The van der Waals surface area contributed by atoms with Crippen LogP contribution < -0.4 is 15.4 Å². The second-order valence-electron chi connectivity index (χ2n) is 4.64. The fourth-order valence-corrected chi connectivity index (χ4v) is 2.85. The van der Waals surface area contributed by atoms with Gasteiger partial charge < -0.3 is 10.1 Å². The van der Waals surface area contributed by atoms with Crippen molar-refractivity contribution in [2.24, 2.45) is 0 Å². The largest absolute Gasteiger partial charge is 0.497 e. The van der Waals surface area contributed by atoms with E-state index in [0.29, 0.717) is 11.7 Å². The van der Waals surface area contributed by atoms with Crippen LogP contribution in [0.1, 0.15) is 5.56 Å². The summed E-state index contributed by atoms with van der Waals surface area (Å²) in [4.78, 5) is 16.3. The summed E-state index contributed by atoms with van der Waals surface area (Å²) in [7, 11) is 1.62. The molecule has 0 unspecified atom stereocenters. The third kappa shape index (κ3) is 3.35. The molecule has 0 fully saturated rings. The minimum absolute atomic E-state index is 0.269. The number of carbonyl (C=O) groups excluding carboxylic acids is 1. The van der Waals surface area contributed by atoms with Gasteiger partial charge in [-0.25, -0.2) is 9.78 Å². The Balaban J connectivity index is 1.57. The number of benzene rings is 2. The Morgan fingerprint density at radius 3 is 2.68 bits per heavy atom. The number of thiazole rings is 1. The first-order valence-corrected chi connectivity index (χ1v) is 7.59. The van der Waals surface area contributed by atoms with Crippen LogP contribution in [0.25, 0.3) is 10.2 Å². The summed E-state index contributed by atoms with van der Waals surface area (Å²) in [6.45, 7) is 0.445. The fourth-order valence-electron chi connectivity index (χ4n) is 1.99. The van der Waals surface area contributed by atoms with Crippen molar-refractivity contribution in [1.29, 1.82) is 0 Å². The van der Waals surface area contributed by atoms with Crippen LogP contribution in [0.3, 0.4) is 0 Å². The normalized spacial score (nSPS) is 10.4. The minimum atomic E-state index is -0.269. The number of para-hydroxylation sites is 1. The molecule has 5 nitrogen and oxygen atoms in total. The van der Waals surface area contributed by atoms with Gasteiger partial charge in [0.2, 0.25) is 0 Å². The van der Waals surface area contributed by atoms with Gasteiger partial charge in [-0.2, -0.15) is 0 Å². The molecule has 2 aromatic carbocycles. The zero-order valence-electron chi connectivity index (χ0n) is 12.0. The number of hydrogen-bond acceptors (Lipinski definition) is 4. The van der Waals surface area contributed by atoms with Crippen LogP contribution >= 0.6 is 11.3 Å². The zero-order chi connectivity index (χ0) is 15.4. The quantitative estimate of drug-likeness (QED) is 0.773. The van der Waals surface area contributed by atoms with E-state index in [-0.39, 0.29) is 6.03 Å². The van der Waals surface area contributed by atoms with E-state index in [0.717, 1.165) is 21.5 Å². The summed E-state index contributed by atoms with van der Waals surface area (Å²) in [5, 5.41) is 6.15. The number of fused-ring (bicyclic) bond motifs is 1. The van der Waals surface area contributed by atoms with Gasteiger partial charge in [0.15, 0.2) is 5.13 Å². The summed E-state index contributed by atoms with van der Waals surface area (Å²) in [6.07, 6.45) is 0. The first-order valence-electron chi connectivity index (χ1n) is 6.78. The van der Waals surface area contributed by atoms with Crippen molar-refractivity contribution in [3.05, 3.63) is 54.1 Å². The van der Waals surface area contributed by atoms with E-state index in [4.69, 9.17) is 4.74 Å². The standard InChI is InChI=1S/C16H15N3O2S/c1-21-12-8-6-11(7-9-12)10-17-15(20)19-16-18-13-4-2-3-5-14(13)22-16/h2-9H,10H2,1H3,(H2,17,18,19,20). The summed E-state index contributed by atoms with van der Waals surface area (Å²) < 4.78 is 6.15. The molecule has 0 radical (unpaired) electrons. The van der Waals surface area contributed by atoms with Crippen LogP contribution in [-0.4, -0.2) is 18.1 Å². The van der Waals surface area contributed by atoms with E-state index in [1.165, 1.54) is 11.3 Å². The van der Waals surface area contributed by atoms with Crippen LogP contribution in [0.2, 0.25) is 0 Å². The smallest absolute Gasteiger partial charge is 0.321 e. The Morgan fingerprint density at radius 2 is 1.95 bits per heavy atom. The third-order valence-corrected chi connectivity index (χ3v) is 4.08. The Morgan fingerprint density at radius 1 is 1.18 bits per heavy atom. The third-order valence-electron chi connectivity index (χ3n) is 3.13. The summed E-state index contributed by atoms with van der Waals surface area (Å²) in [5.41, 5.74) is 1.89. The number of nitrogens with zero attached hydrogens (tertiary/aromatic N) is 1. The maximum Gasteiger partial charge on any atom is 0.321 e. The van der Waals surface area contributed by atoms with Gasteiger partial charge in [0.05, 0.1) is 17.3 Å². The lowest BCUT2D eigenvalue weighted by Gasteiger charge is -2.06. The first-order chi connectivity index (χ1) is 10.7. The number of carbonyl (C=O) groups is 1. The molecule has 0 aliphatic rings. The van der Waals surface area contributed by atoms with Gasteiger partial charge in [0.1, 0.15) is 5.75 Å². The van der Waals surface area contributed by atoms with Crippen molar-refractivity contribution < 1.29 is 9.53 Å². The Kier molecular flexibility index (Phi) is 4.20. The molecule has 22 heavy (non-hydrogen) atoms. The van der Waals surface area contributed by atoms with Crippen molar-refractivity contribution in [3.8, 4) is 5.75 Å². The van der Waals surface area contributed by atoms with Gasteiger partial charge in [-0.1, -0.05) is 35.6 Å². The van der Waals surface area contributed by atoms with Gasteiger partial charge in [0, 0.05) is 6.54 Å². The highest BCUT2D eigenvalue weighted by Gasteiger charge is 2.07. The molecule has 3 rings (SSSR count). The number of nitrogens with one attached hydrogen (secondary N) is 2. The van der Waals surface area contributed by atoms with Crippen LogP contribution in [0, 0.1) is 0 Å². The van der Waals surface area contributed by atoms with E-state index in [9.17, 15) is 4.79 Å². The maximum atomic E-state index is 11.9. The van der Waals surface area contributed by atoms with E-state index >= 15 is 0 Å². The number of hydrogen-bond donors (Lipinski definition) is 2. The lowest BCUT2D eigenvalue weighted by molar-refractivity contribution is 0.251. The molecule has 2 N–H and O–H groups in total. The van der Waals surface area contributed by atoms with Gasteiger partial charge in [-0.3, -0.25) is 5.32 Å². The second kappa shape index (κ2) is 6.44. The summed E-state index contributed by atoms with van der Waals surface area (Å²) in [5.74, 6) is 0.794.